The summed E-state index contributed by atoms with van der Waals surface area (Å²) < 4.78 is 30.6. The van der Waals surface area contributed by atoms with Gasteiger partial charge in [-0.05, 0) is 50.3 Å². The van der Waals surface area contributed by atoms with Crippen molar-refractivity contribution in [2.24, 2.45) is 0 Å². The number of hydrogen-bond donors (Lipinski definition) is 4. The Balaban J connectivity index is 1.57. The maximum atomic E-state index is 13.0. The van der Waals surface area contributed by atoms with Gasteiger partial charge in [0.25, 0.3) is 0 Å². The predicted octanol–water partition coefficient (Wildman–Crippen LogP) is 2.14. The number of benzene rings is 1. The summed E-state index contributed by atoms with van der Waals surface area (Å²) in [6.45, 7) is 1.90. The maximum absolute atomic E-state index is 13.0. The number of aryl methyl sites for hydroxylation is 1. The molecule has 2 aromatic heterocycles. The number of nitrogens with one attached hydrogen (secondary N) is 2. The summed E-state index contributed by atoms with van der Waals surface area (Å²) in [5, 5.41) is 11.3. The first-order valence-electron chi connectivity index (χ1n) is 9.95. The highest BCUT2D eigenvalue weighted by Gasteiger charge is 2.27. The molecule has 0 aliphatic heterocycles. The number of hydrogen-bond acceptors (Lipinski definition) is 6. The number of carboxylic acid groups (broad SMARTS) is 1. The zero-order chi connectivity index (χ0) is 22.2. The molecule has 0 atom stereocenters. The lowest BCUT2D eigenvalue weighted by molar-refractivity contribution is 0.184. The first-order valence-corrected chi connectivity index (χ1v) is 11.4. The van der Waals surface area contributed by atoms with E-state index in [9.17, 15) is 13.2 Å². The molecule has 2 heterocycles. The number of rotatable bonds is 5. The smallest absolute Gasteiger partial charge is 0.404 e. The molecule has 31 heavy (non-hydrogen) atoms. The zero-order valence-corrected chi connectivity index (χ0v) is 17.8. The standard InChI is InChI=1S/C20H24N6O4S/c1-12-2-7-15(10-16(12)17-11-23-19-18(21)22-8-9-26(17)19)31(29,30)25-14-5-3-13(4-6-14)24-20(27)28/h2,7-11,13-14,24-25H,3-6H2,1H3,(H2,21,22)(H,27,28)/t13-,14-. The molecule has 11 heteroatoms. The first kappa shape index (κ1) is 21.1. The zero-order valence-electron chi connectivity index (χ0n) is 16.9. The van der Waals surface area contributed by atoms with Gasteiger partial charge in [0.15, 0.2) is 11.5 Å². The van der Waals surface area contributed by atoms with Crippen LogP contribution < -0.4 is 15.8 Å². The fourth-order valence-corrected chi connectivity index (χ4v) is 5.33. The van der Waals surface area contributed by atoms with Gasteiger partial charge in [-0.25, -0.2) is 27.9 Å². The number of aromatic nitrogens is 3. The average molecular weight is 445 g/mol. The number of imidazole rings is 1. The summed E-state index contributed by atoms with van der Waals surface area (Å²) in [5.41, 5.74) is 8.75. The van der Waals surface area contributed by atoms with Crippen LogP contribution in [-0.2, 0) is 10.0 Å². The molecule has 0 bridgehead atoms. The summed E-state index contributed by atoms with van der Waals surface area (Å²) in [7, 11) is -3.75. The summed E-state index contributed by atoms with van der Waals surface area (Å²) in [6.07, 6.45) is 6.23. The van der Waals surface area contributed by atoms with Crippen LogP contribution in [0.15, 0.2) is 41.7 Å². The summed E-state index contributed by atoms with van der Waals surface area (Å²) in [6, 6.07) is 4.61. The van der Waals surface area contributed by atoms with Gasteiger partial charge in [0.1, 0.15) is 0 Å². The Hall–Kier alpha value is -3.18. The van der Waals surface area contributed by atoms with Gasteiger partial charge < -0.3 is 16.2 Å². The van der Waals surface area contributed by atoms with Crippen molar-refractivity contribution in [1.82, 2.24) is 24.4 Å². The van der Waals surface area contributed by atoms with E-state index in [-0.39, 0.29) is 17.0 Å². The third kappa shape index (κ3) is 4.32. The molecule has 10 nitrogen and oxygen atoms in total. The molecule has 1 saturated carbocycles. The Morgan fingerprint density at radius 2 is 1.90 bits per heavy atom. The number of fused-ring (bicyclic) bond motifs is 1. The van der Waals surface area contributed by atoms with Crippen molar-refractivity contribution < 1.29 is 18.3 Å². The van der Waals surface area contributed by atoms with Crippen molar-refractivity contribution in [3.05, 3.63) is 42.4 Å². The van der Waals surface area contributed by atoms with Crippen LogP contribution in [0.2, 0.25) is 0 Å². The van der Waals surface area contributed by atoms with Crippen LogP contribution in [0.4, 0.5) is 10.6 Å². The van der Waals surface area contributed by atoms with Gasteiger partial charge in [-0.1, -0.05) is 6.07 Å². The van der Waals surface area contributed by atoms with E-state index in [1.807, 2.05) is 6.92 Å². The minimum absolute atomic E-state index is 0.138. The molecule has 4 rings (SSSR count). The highest BCUT2D eigenvalue weighted by molar-refractivity contribution is 7.89. The number of anilines is 1. The molecule has 1 amide bonds. The van der Waals surface area contributed by atoms with Gasteiger partial charge >= 0.3 is 6.09 Å². The highest BCUT2D eigenvalue weighted by atomic mass is 32.2. The maximum Gasteiger partial charge on any atom is 0.404 e. The minimum Gasteiger partial charge on any atom is -0.465 e. The molecule has 0 radical (unpaired) electrons. The highest BCUT2D eigenvalue weighted by Crippen LogP contribution is 2.29. The van der Waals surface area contributed by atoms with Crippen molar-refractivity contribution in [3.63, 3.8) is 0 Å². The monoisotopic (exact) mass is 444 g/mol. The van der Waals surface area contributed by atoms with E-state index in [2.05, 4.69) is 20.0 Å². The van der Waals surface area contributed by atoms with E-state index >= 15 is 0 Å². The van der Waals surface area contributed by atoms with Gasteiger partial charge in [-0.3, -0.25) is 4.40 Å². The minimum atomic E-state index is -3.75. The van der Waals surface area contributed by atoms with Crippen LogP contribution in [0.3, 0.4) is 0 Å². The lowest BCUT2D eigenvalue weighted by Crippen LogP contribution is -2.43. The number of nitrogens with two attached hydrogens (primary N) is 1. The quantitative estimate of drug-likeness (QED) is 0.470. The third-order valence-corrected chi connectivity index (χ3v) is 7.15. The molecule has 164 valence electrons. The summed E-state index contributed by atoms with van der Waals surface area (Å²) >= 11 is 0. The number of carbonyl (C=O) groups is 1. The molecule has 5 N–H and O–H groups in total. The summed E-state index contributed by atoms with van der Waals surface area (Å²) in [4.78, 5) is 19.3. The largest absolute Gasteiger partial charge is 0.465 e. The number of sulfonamides is 1. The number of nitrogen functional groups attached to an aromatic ring is 1. The van der Waals surface area contributed by atoms with Crippen molar-refractivity contribution in [3.8, 4) is 11.3 Å². The van der Waals surface area contributed by atoms with E-state index < -0.39 is 16.1 Å². The topological polar surface area (TPSA) is 152 Å². The van der Waals surface area contributed by atoms with Crippen LogP contribution in [-0.4, -0.2) is 46.1 Å². The Kier molecular flexibility index (Phi) is 5.54. The average Bonchev–Trinajstić information content (AvgIpc) is 3.14. The molecule has 1 aliphatic carbocycles. The predicted molar refractivity (Wildman–Crippen MR) is 115 cm³/mol. The molecule has 1 aromatic carbocycles. The van der Waals surface area contributed by atoms with Crippen LogP contribution in [0.1, 0.15) is 31.2 Å². The Labute approximate surface area is 179 Å². The van der Waals surface area contributed by atoms with Crippen LogP contribution in [0, 0.1) is 6.92 Å². The van der Waals surface area contributed by atoms with Crippen LogP contribution in [0.25, 0.3) is 16.9 Å². The molecular weight excluding hydrogens is 420 g/mol. The van der Waals surface area contributed by atoms with Gasteiger partial charge in [-0.2, -0.15) is 0 Å². The molecule has 3 aromatic rings. The Morgan fingerprint density at radius 3 is 2.61 bits per heavy atom. The van der Waals surface area contributed by atoms with Crippen molar-refractivity contribution >= 4 is 27.6 Å². The first-order chi connectivity index (χ1) is 14.7. The van der Waals surface area contributed by atoms with E-state index in [0.717, 1.165) is 16.8 Å². The second-order valence-electron chi connectivity index (χ2n) is 7.75. The van der Waals surface area contributed by atoms with Gasteiger partial charge in [0.2, 0.25) is 10.0 Å². The lowest BCUT2D eigenvalue weighted by Gasteiger charge is -2.28. The Bertz CT molecular complexity index is 1230. The van der Waals surface area contributed by atoms with Gasteiger partial charge in [0.05, 0.1) is 16.8 Å². The fraction of sp³-hybridized carbons (Fsp3) is 0.350. The van der Waals surface area contributed by atoms with E-state index in [0.29, 0.717) is 37.1 Å². The molecule has 0 unspecified atom stereocenters. The fourth-order valence-electron chi connectivity index (χ4n) is 4.00. The Morgan fingerprint density at radius 1 is 1.19 bits per heavy atom. The lowest BCUT2D eigenvalue weighted by atomic mass is 9.92. The van der Waals surface area contributed by atoms with E-state index in [1.54, 1.807) is 41.2 Å². The van der Waals surface area contributed by atoms with Crippen molar-refractivity contribution in [2.75, 3.05) is 5.73 Å². The van der Waals surface area contributed by atoms with Crippen molar-refractivity contribution in [1.29, 1.82) is 0 Å². The SMILES string of the molecule is Cc1ccc(S(=O)(=O)N[C@H]2CC[C@H](NC(=O)O)CC2)cc1-c1cnc2c(N)nccn12. The van der Waals surface area contributed by atoms with Crippen molar-refractivity contribution in [2.45, 2.75) is 49.6 Å². The molecule has 0 spiro atoms. The van der Waals surface area contributed by atoms with Crippen LogP contribution >= 0.6 is 0 Å². The van der Waals surface area contributed by atoms with E-state index in [4.69, 9.17) is 10.8 Å². The summed E-state index contributed by atoms with van der Waals surface area (Å²) in [5.74, 6) is 0.296. The molecule has 0 saturated heterocycles. The normalized spacial score (nSPS) is 19.4. The van der Waals surface area contributed by atoms with Gasteiger partial charge in [-0.15, -0.1) is 0 Å². The third-order valence-electron chi connectivity index (χ3n) is 5.63. The molecular formula is C20H24N6O4S. The van der Waals surface area contributed by atoms with Crippen LogP contribution in [0.5, 0.6) is 0 Å². The second kappa shape index (κ2) is 8.16. The second-order valence-corrected chi connectivity index (χ2v) is 9.46. The van der Waals surface area contributed by atoms with E-state index in [1.165, 1.54) is 0 Å². The number of amides is 1. The molecule has 1 aliphatic rings. The number of nitrogens with zero attached hydrogens (tertiary/aromatic N) is 3. The molecule has 1 fully saturated rings. The van der Waals surface area contributed by atoms with Gasteiger partial charge in [0, 0.05) is 30.0 Å².